The van der Waals surface area contributed by atoms with Crippen LogP contribution in [0.4, 0.5) is 10.5 Å². The Morgan fingerprint density at radius 3 is 2.31 bits per heavy atom. The molecule has 26 heavy (non-hydrogen) atoms. The summed E-state index contributed by atoms with van der Waals surface area (Å²) in [6, 6.07) is 16.4. The summed E-state index contributed by atoms with van der Waals surface area (Å²) in [5.74, 6) is 0. The van der Waals surface area contributed by atoms with E-state index in [2.05, 4.69) is 34.6 Å². The van der Waals surface area contributed by atoms with E-state index >= 15 is 0 Å². The summed E-state index contributed by atoms with van der Waals surface area (Å²) in [6.45, 7) is 7.15. The molecule has 0 saturated heterocycles. The van der Waals surface area contributed by atoms with E-state index in [0.29, 0.717) is 10.7 Å². The van der Waals surface area contributed by atoms with Gasteiger partial charge < -0.3 is 10.2 Å². The molecule has 2 aromatic rings. The van der Waals surface area contributed by atoms with E-state index in [1.807, 2.05) is 30.3 Å². The zero-order valence-corrected chi connectivity index (χ0v) is 16.0. The number of hydrogen-bond acceptors (Lipinski definition) is 3. The van der Waals surface area contributed by atoms with Crippen LogP contribution in [0.15, 0.2) is 59.7 Å². The Balaban J connectivity index is 2.03. The van der Waals surface area contributed by atoms with Gasteiger partial charge in [0.2, 0.25) is 0 Å². The molecule has 5 nitrogen and oxygen atoms in total. The van der Waals surface area contributed by atoms with Gasteiger partial charge in [-0.3, -0.25) is 0 Å². The molecule has 0 aliphatic carbocycles. The Hall–Kier alpha value is -2.37. The normalized spacial score (nSPS) is 11.5. The number of amides is 2. The summed E-state index contributed by atoms with van der Waals surface area (Å²) in [6.07, 6.45) is 0.757. The van der Waals surface area contributed by atoms with Crippen molar-refractivity contribution in [2.24, 2.45) is 5.10 Å². The van der Waals surface area contributed by atoms with Gasteiger partial charge in [-0.05, 0) is 42.9 Å². The maximum absolute atomic E-state index is 12.1. The third-order valence-electron chi connectivity index (χ3n) is 4.06. The van der Waals surface area contributed by atoms with Gasteiger partial charge in [-0.15, -0.1) is 0 Å². The van der Waals surface area contributed by atoms with Gasteiger partial charge in [0.1, 0.15) is 0 Å². The third kappa shape index (κ3) is 6.50. The van der Waals surface area contributed by atoms with Crippen molar-refractivity contribution < 1.29 is 4.79 Å². The summed E-state index contributed by atoms with van der Waals surface area (Å²) in [4.78, 5) is 14.4. The minimum Gasteiger partial charge on any atom is -0.307 e. The van der Waals surface area contributed by atoms with Gasteiger partial charge in [0.25, 0.3) is 0 Å². The van der Waals surface area contributed by atoms with Crippen LogP contribution in [0.3, 0.4) is 0 Å². The summed E-state index contributed by atoms with van der Waals surface area (Å²) >= 11 is 5.85. The standard InChI is InChI=1S/C20H25ClN4O/c1-3-25(4-2)15-14-19(16-8-6-5-7-9-16)23-24-20(26)22-18-12-10-17(21)11-13-18/h5-13H,3-4,14-15H2,1-2H3,(H2,22,24,26)/b23-19+. The molecule has 0 saturated carbocycles. The molecule has 2 N–H and O–H groups in total. The average Bonchev–Trinajstić information content (AvgIpc) is 2.67. The number of hydrazone groups is 1. The van der Waals surface area contributed by atoms with Gasteiger partial charge in [0.05, 0.1) is 5.71 Å². The van der Waals surface area contributed by atoms with Crippen molar-refractivity contribution in [2.45, 2.75) is 20.3 Å². The molecule has 138 valence electrons. The fourth-order valence-electron chi connectivity index (χ4n) is 2.51. The Kier molecular flexibility index (Phi) is 8.12. The highest BCUT2D eigenvalue weighted by atomic mass is 35.5. The fourth-order valence-corrected chi connectivity index (χ4v) is 2.64. The molecule has 6 heteroatoms. The van der Waals surface area contributed by atoms with Crippen LogP contribution < -0.4 is 10.7 Å². The molecule has 0 heterocycles. The zero-order chi connectivity index (χ0) is 18.8. The van der Waals surface area contributed by atoms with Crippen molar-refractivity contribution in [3.05, 3.63) is 65.2 Å². The van der Waals surface area contributed by atoms with Crippen LogP contribution in [0.1, 0.15) is 25.8 Å². The number of carbonyl (C=O) groups excluding carboxylic acids is 1. The number of hydrogen-bond donors (Lipinski definition) is 2. The second kappa shape index (κ2) is 10.6. The number of halogens is 1. The lowest BCUT2D eigenvalue weighted by Crippen LogP contribution is -2.28. The number of anilines is 1. The number of nitrogens with one attached hydrogen (secondary N) is 2. The molecule has 0 spiro atoms. The average molecular weight is 373 g/mol. The molecule has 0 aliphatic rings. The number of benzene rings is 2. The first-order valence-electron chi connectivity index (χ1n) is 8.79. The lowest BCUT2D eigenvalue weighted by molar-refractivity contribution is 0.252. The topological polar surface area (TPSA) is 56.7 Å². The lowest BCUT2D eigenvalue weighted by Gasteiger charge is -2.18. The predicted octanol–water partition coefficient (Wildman–Crippen LogP) is 4.60. The molecule has 0 unspecified atom stereocenters. The first-order chi connectivity index (χ1) is 12.6. The molecule has 0 bridgehead atoms. The smallest absolute Gasteiger partial charge is 0.307 e. The molecule has 2 rings (SSSR count). The van der Waals surface area contributed by atoms with E-state index in [4.69, 9.17) is 11.6 Å². The third-order valence-corrected chi connectivity index (χ3v) is 4.31. The van der Waals surface area contributed by atoms with E-state index in [0.717, 1.165) is 37.3 Å². The zero-order valence-electron chi connectivity index (χ0n) is 15.2. The van der Waals surface area contributed by atoms with Gasteiger partial charge in [-0.1, -0.05) is 55.8 Å². The minimum absolute atomic E-state index is 0.386. The van der Waals surface area contributed by atoms with Crippen molar-refractivity contribution >= 4 is 29.0 Å². The summed E-state index contributed by atoms with van der Waals surface area (Å²) in [5, 5.41) is 7.71. The van der Waals surface area contributed by atoms with Crippen molar-refractivity contribution in [3.8, 4) is 0 Å². The highest BCUT2D eigenvalue weighted by molar-refractivity contribution is 6.30. The molecule has 0 aliphatic heterocycles. The Morgan fingerprint density at radius 1 is 1.04 bits per heavy atom. The molecular formula is C20H25ClN4O. The monoisotopic (exact) mass is 372 g/mol. The van der Waals surface area contributed by atoms with Gasteiger partial charge >= 0.3 is 6.03 Å². The molecule has 2 amide bonds. The van der Waals surface area contributed by atoms with Crippen LogP contribution in [0, 0.1) is 0 Å². The quantitative estimate of drug-likeness (QED) is 0.525. The molecule has 0 atom stereocenters. The summed E-state index contributed by atoms with van der Waals surface area (Å²) in [5.41, 5.74) is 5.11. The van der Waals surface area contributed by atoms with Crippen molar-refractivity contribution in [3.63, 3.8) is 0 Å². The molecule has 0 aromatic heterocycles. The van der Waals surface area contributed by atoms with E-state index in [1.165, 1.54) is 0 Å². The summed E-state index contributed by atoms with van der Waals surface area (Å²) in [7, 11) is 0. The highest BCUT2D eigenvalue weighted by Crippen LogP contribution is 2.13. The Morgan fingerprint density at radius 2 is 1.69 bits per heavy atom. The predicted molar refractivity (Wildman–Crippen MR) is 109 cm³/mol. The maximum Gasteiger partial charge on any atom is 0.339 e. The van der Waals surface area contributed by atoms with E-state index in [9.17, 15) is 4.79 Å². The van der Waals surface area contributed by atoms with Gasteiger partial charge in [-0.2, -0.15) is 5.10 Å². The molecular weight excluding hydrogens is 348 g/mol. The number of nitrogens with zero attached hydrogens (tertiary/aromatic N) is 2. The van der Waals surface area contributed by atoms with Gasteiger partial charge in [0, 0.05) is 23.7 Å². The lowest BCUT2D eigenvalue weighted by atomic mass is 10.1. The molecule has 0 fully saturated rings. The van der Waals surface area contributed by atoms with Crippen LogP contribution in [0.25, 0.3) is 0 Å². The Bertz CT molecular complexity index is 712. The largest absolute Gasteiger partial charge is 0.339 e. The van der Waals surface area contributed by atoms with E-state index in [-0.39, 0.29) is 6.03 Å². The SMILES string of the molecule is CCN(CC)CC/C(=N\NC(=O)Nc1ccc(Cl)cc1)c1ccccc1. The Labute approximate surface area is 160 Å². The van der Waals surface area contributed by atoms with Gasteiger partial charge in [-0.25, -0.2) is 10.2 Å². The van der Waals surface area contributed by atoms with Crippen LogP contribution in [0.2, 0.25) is 5.02 Å². The number of rotatable bonds is 8. The molecule has 0 radical (unpaired) electrons. The molecule has 2 aromatic carbocycles. The van der Waals surface area contributed by atoms with Gasteiger partial charge in [0.15, 0.2) is 0 Å². The second-order valence-electron chi connectivity index (χ2n) is 5.77. The van der Waals surface area contributed by atoms with Crippen LogP contribution in [0.5, 0.6) is 0 Å². The van der Waals surface area contributed by atoms with E-state index in [1.54, 1.807) is 24.3 Å². The van der Waals surface area contributed by atoms with Crippen LogP contribution >= 0.6 is 11.6 Å². The number of carbonyl (C=O) groups is 1. The second-order valence-corrected chi connectivity index (χ2v) is 6.21. The fraction of sp³-hybridized carbons (Fsp3) is 0.300. The number of urea groups is 1. The van der Waals surface area contributed by atoms with Crippen molar-refractivity contribution in [2.75, 3.05) is 25.0 Å². The maximum atomic E-state index is 12.1. The summed E-state index contributed by atoms with van der Waals surface area (Å²) < 4.78 is 0. The van der Waals surface area contributed by atoms with Crippen molar-refractivity contribution in [1.29, 1.82) is 0 Å². The highest BCUT2D eigenvalue weighted by Gasteiger charge is 2.08. The minimum atomic E-state index is -0.386. The van der Waals surface area contributed by atoms with Crippen LogP contribution in [-0.2, 0) is 0 Å². The van der Waals surface area contributed by atoms with Crippen LogP contribution in [-0.4, -0.2) is 36.3 Å². The first kappa shape index (κ1) is 19.9. The van der Waals surface area contributed by atoms with E-state index < -0.39 is 0 Å². The van der Waals surface area contributed by atoms with Crippen molar-refractivity contribution in [1.82, 2.24) is 10.3 Å². The first-order valence-corrected chi connectivity index (χ1v) is 9.17.